The van der Waals surface area contributed by atoms with E-state index in [9.17, 15) is 26.4 Å². The SMILES string of the molecule is CCOc1cc(CC(C)c2ccc(N/C(N)=N\c3nc(C)cc(C)n3)cc2)ccc1N(CC(=O)N1CCCC(COc2ccc(OC)c(N(CC(=O)N3CCCCC3)S(=O)(=O)c3ccccc3)c2)C1)S(=O)(=O)c1ccccc1. The number of anilines is 3. The molecule has 2 amide bonds. The van der Waals surface area contributed by atoms with Crippen LogP contribution in [0.2, 0.25) is 0 Å². The van der Waals surface area contributed by atoms with E-state index in [1.165, 1.54) is 31.4 Å². The number of nitrogens with one attached hydrogen (secondary N) is 1. The number of piperidine rings is 2. The lowest BCUT2D eigenvalue weighted by molar-refractivity contribution is -0.131. The van der Waals surface area contributed by atoms with Gasteiger partial charge in [-0.25, -0.2) is 26.8 Å². The molecule has 18 nitrogen and oxygen atoms in total. The molecule has 3 N–H and O–H groups in total. The Hall–Kier alpha value is -7.71. The zero-order valence-electron chi connectivity index (χ0n) is 44.9. The van der Waals surface area contributed by atoms with E-state index in [0.29, 0.717) is 44.0 Å². The number of aliphatic imine (C=N–C) groups is 1. The third-order valence-corrected chi connectivity index (χ3v) is 17.3. The monoisotopic (exact) mass is 1100 g/mol. The van der Waals surface area contributed by atoms with Gasteiger partial charge in [-0.3, -0.25) is 18.2 Å². The van der Waals surface area contributed by atoms with Crippen molar-refractivity contribution in [1.82, 2.24) is 19.8 Å². The highest BCUT2D eigenvalue weighted by molar-refractivity contribution is 7.93. The predicted octanol–water partition coefficient (Wildman–Crippen LogP) is 8.63. The van der Waals surface area contributed by atoms with E-state index in [0.717, 1.165) is 62.5 Å². The van der Waals surface area contributed by atoms with Gasteiger partial charge in [0.05, 0.1) is 41.5 Å². The Balaban J connectivity index is 0.973. The van der Waals surface area contributed by atoms with Crippen LogP contribution in [0, 0.1) is 19.8 Å². The number of nitrogens with zero attached hydrogens (tertiary/aromatic N) is 7. The molecular weight excluding hydrogens is 1030 g/mol. The smallest absolute Gasteiger partial charge is 0.264 e. The Labute approximate surface area is 458 Å². The van der Waals surface area contributed by atoms with Crippen molar-refractivity contribution in [2.75, 3.05) is 73.5 Å². The molecule has 8 rings (SSSR count). The largest absolute Gasteiger partial charge is 0.495 e. The maximum absolute atomic E-state index is 14.7. The van der Waals surface area contributed by atoms with Gasteiger partial charge in [0.25, 0.3) is 26.0 Å². The summed E-state index contributed by atoms with van der Waals surface area (Å²) in [7, 11) is -7.10. The van der Waals surface area contributed by atoms with Gasteiger partial charge in [0.2, 0.25) is 17.8 Å². The van der Waals surface area contributed by atoms with Crippen molar-refractivity contribution < 1.29 is 40.6 Å². The van der Waals surface area contributed by atoms with Crippen molar-refractivity contribution in [2.24, 2.45) is 16.6 Å². The number of sulfonamides is 2. The fourth-order valence-corrected chi connectivity index (χ4v) is 12.7. The average molecular weight is 1100 g/mol. The summed E-state index contributed by atoms with van der Waals surface area (Å²) in [5.41, 5.74) is 10.9. The molecule has 0 spiro atoms. The molecule has 2 atom stereocenters. The van der Waals surface area contributed by atoms with E-state index in [-0.39, 0.29) is 76.3 Å². The second-order valence-corrected chi connectivity index (χ2v) is 23.3. The number of benzene rings is 5. The molecule has 0 aliphatic carbocycles. The molecule has 2 aliphatic heterocycles. The van der Waals surface area contributed by atoms with E-state index < -0.39 is 39.0 Å². The van der Waals surface area contributed by atoms with Crippen LogP contribution < -0.4 is 33.9 Å². The van der Waals surface area contributed by atoms with Gasteiger partial charge in [0, 0.05) is 55.2 Å². The number of guanidine groups is 1. The van der Waals surface area contributed by atoms with E-state index >= 15 is 0 Å². The lowest BCUT2D eigenvalue weighted by Gasteiger charge is -2.35. The van der Waals surface area contributed by atoms with Crippen LogP contribution >= 0.6 is 0 Å². The summed E-state index contributed by atoms with van der Waals surface area (Å²) in [5, 5.41) is 3.10. The van der Waals surface area contributed by atoms with Gasteiger partial charge in [-0.05, 0) is 143 Å². The molecule has 2 unspecified atom stereocenters. The lowest BCUT2D eigenvalue weighted by atomic mass is 9.93. The summed E-state index contributed by atoms with van der Waals surface area (Å²) in [6, 6.07) is 36.0. The van der Waals surface area contributed by atoms with Gasteiger partial charge < -0.3 is 35.1 Å². The summed E-state index contributed by atoms with van der Waals surface area (Å²) in [6.45, 7) is 8.97. The minimum Gasteiger partial charge on any atom is -0.495 e. The van der Waals surface area contributed by atoms with Crippen LogP contribution in [0.25, 0.3) is 0 Å². The van der Waals surface area contributed by atoms with Crippen molar-refractivity contribution in [3.05, 3.63) is 150 Å². The van der Waals surface area contributed by atoms with Gasteiger partial charge in [0.1, 0.15) is 30.3 Å². The molecule has 0 radical (unpaired) electrons. The number of amides is 2. The van der Waals surface area contributed by atoms with Gasteiger partial charge in [-0.2, -0.15) is 4.99 Å². The minimum atomic E-state index is -4.29. The van der Waals surface area contributed by atoms with Crippen LogP contribution in [-0.2, 0) is 36.1 Å². The average Bonchev–Trinajstić information content (AvgIpc) is 3.47. The number of hydrogen-bond donors (Lipinski definition) is 2. The number of aromatic nitrogens is 2. The van der Waals surface area contributed by atoms with Gasteiger partial charge in [-0.15, -0.1) is 0 Å². The topological polar surface area (TPSA) is 219 Å². The summed E-state index contributed by atoms with van der Waals surface area (Å²) in [5.74, 6) is 0.536. The molecule has 412 valence electrons. The normalized spacial score (nSPS) is 15.5. The fraction of sp³-hybridized carbons (Fsp3) is 0.362. The molecule has 20 heteroatoms. The Morgan fingerprint density at radius 2 is 1.32 bits per heavy atom. The number of nitrogens with two attached hydrogens (primary N) is 1. The highest BCUT2D eigenvalue weighted by Crippen LogP contribution is 2.38. The lowest BCUT2D eigenvalue weighted by Crippen LogP contribution is -2.47. The Morgan fingerprint density at radius 3 is 1.94 bits per heavy atom. The number of methoxy groups -OCH3 is 1. The molecule has 78 heavy (non-hydrogen) atoms. The molecule has 2 saturated heterocycles. The molecule has 1 aromatic heterocycles. The molecule has 2 fully saturated rings. The Kier molecular flexibility index (Phi) is 18.6. The standard InChI is InChI=1S/C58H69N9O9S2/c1-6-75-54-35-44(33-41(2)46-23-25-47(26-24-46)62-57(59)63-58-60-42(3)34-43(4)61-58)22-28-51(54)66(77(70,71)49-18-10-7-11-19-49)39-56(69)65-32-16-17-45(37-65)40-76-48-27-29-53(74-5)52(36-48)67(38-55(68)64-30-14-9-15-31-64)78(72,73)50-20-12-8-13-21-50/h7-8,10-13,18-29,34-36,41,45H,6,9,14-17,30-33,37-40H2,1-5H3,(H3,59,60,61,62,63). The Morgan fingerprint density at radius 1 is 0.718 bits per heavy atom. The van der Waals surface area contributed by atoms with Crippen molar-refractivity contribution in [3.63, 3.8) is 0 Å². The number of carbonyl (C=O) groups excluding carboxylic acids is 2. The molecule has 2 aliphatic rings. The van der Waals surface area contributed by atoms with Crippen molar-refractivity contribution in [1.29, 1.82) is 0 Å². The highest BCUT2D eigenvalue weighted by atomic mass is 32.2. The first-order valence-corrected chi connectivity index (χ1v) is 29.2. The van der Waals surface area contributed by atoms with Crippen LogP contribution in [0.5, 0.6) is 17.2 Å². The van der Waals surface area contributed by atoms with Crippen LogP contribution in [0.15, 0.2) is 142 Å². The molecule has 3 heterocycles. The number of aryl methyl sites for hydroxylation is 2. The number of hydrogen-bond acceptors (Lipinski definition) is 12. The van der Waals surface area contributed by atoms with E-state index in [1.54, 1.807) is 70.5 Å². The fourth-order valence-electron chi connectivity index (χ4n) is 9.79. The summed E-state index contributed by atoms with van der Waals surface area (Å²) in [4.78, 5) is 44.6. The second-order valence-electron chi connectivity index (χ2n) is 19.6. The van der Waals surface area contributed by atoms with Gasteiger partial charge in [-0.1, -0.05) is 61.5 Å². The number of likely N-dealkylation sites (tertiary alicyclic amines) is 2. The van der Waals surface area contributed by atoms with Crippen LogP contribution in [0.1, 0.15) is 74.4 Å². The number of ether oxygens (including phenoxy) is 3. The maximum atomic E-state index is 14.7. The summed E-state index contributed by atoms with van der Waals surface area (Å²) >= 11 is 0. The first-order valence-electron chi connectivity index (χ1n) is 26.3. The molecule has 0 bridgehead atoms. The van der Waals surface area contributed by atoms with Crippen molar-refractivity contribution in [2.45, 2.75) is 81.9 Å². The van der Waals surface area contributed by atoms with E-state index in [2.05, 4.69) is 27.2 Å². The number of carbonyl (C=O) groups is 2. The van der Waals surface area contributed by atoms with Crippen LogP contribution in [0.3, 0.4) is 0 Å². The maximum Gasteiger partial charge on any atom is 0.264 e. The quantitative estimate of drug-likeness (QED) is 0.0510. The van der Waals surface area contributed by atoms with Crippen LogP contribution in [-0.4, -0.2) is 114 Å². The Bertz CT molecular complexity index is 3270. The highest BCUT2D eigenvalue weighted by Gasteiger charge is 2.35. The number of rotatable bonds is 21. The van der Waals surface area contributed by atoms with Gasteiger partial charge in [0.15, 0.2) is 0 Å². The third-order valence-electron chi connectivity index (χ3n) is 13.8. The molecule has 0 saturated carbocycles. The van der Waals surface area contributed by atoms with E-state index in [1.807, 2.05) is 63.2 Å². The van der Waals surface area contributed by atoms with Crippen LogP contribution in [0.4, 0.5) is 23.0 Å². The van der Waals surface area contributed by atoms with Gasteiger partial charge >= 0.3 is 0 Å². The second kappa shape index (κ2) is 25.6. The first kappa shape index (κ1) is 56.5. The minimum absolute atomic E-state index is 0.0238. The molecular formula is C58H69N9O9S2. The molecule has 5 aromatic carbocycles. The summed E-state index contributed by atoms with van der Waals surface area (Å²) < 4.78 is 78.5. The third kappa shape index (κ3) is 14.1. The first-order chi connectivity index (χ1) is 37.5. The molecule has 6 aromatic rings. The summed E-state index contributed by atoms with van der Waals surface area (Å²) in [6.07, 6.45) is 4.67. The van der Waals surface area contributed by atoms with E-state index in [4.69, 9.17) is 19.9 Å². The van der Waals surface area contributed by atoms with Crippen molar-refractivity contribution >= 4 is 60.8 Å². The predicted molar refractivity (Wildman–Crippen MR) is 303 cm³/mol. The zero-order chi connectivity index (χ0) is 55.4. The zero-order valence-corrected chi connectivity index (χ0v) is 46.5. The van der Waals surface area contributed by atoms with Crippen molar-refractivity contribution in [3.8, 4) is 17.2 Å².